The van der Waals surface area contributed by atoms with Crippen LogP contribution >= 0.6 is 12.6 Å². The van der Waals surface area contributed by atoms with Gasteiger partial charge in [-0.3, -0.25) is 0 Å². The quantitative estimate of drug-likeness (QED) is 0.623. The molecule has 0 unspecified atom stereocenters. The van der Waals surface area contributed by atoms with Gasteiger partial charge in [0.25, 0.3) is 0 Å². The predicted octanol–water partition coefficient (Wildman–Crippen LogP) is 4.71. The molecule has 0 aromatic heterocycles. The van der Waals surface area contributed by atoms with Crippen LogP contribution in [0.2, 0.25) is 0 Å². The SMILES string of the molecule is SCC1(CN2CCCc3ccccc32)CCCCCC1. The Morgan fingerprint density at radius 3 is 2.50 bits per heavy atom. The van der Waals surface area contributed by atoms with Gasteiger partial charge in [0.2, 0.25) is 0 Å². The first-order valence-electron chi connectivity index (χ1n) is 8.27. The maximum Gasteiger partial charge on any atom is 0.0398 e. The smallest absolute Gasteiger partial charge is 0.0398 e. The molecule has 0 bridgehead atoms. The highest BCUT2D eigenvalue weighted by Gasteiger charge is 2.32. The molecule has 20 heavy (non-hydrogen) atoms. The van der Waals surface area contributed by atoms with Gasteiger partial charge in [0.05, 0.1) is 0 Å². The molecule has 0 N–H and O–H groups in total. The van der Waals surface area contributed by atoms with E-state index in [1.165, 1.54) is 70.1 Å². The van der Waals surface area contributed by atoms with E-state index in [2.05, 4.69) is 29.2 Å². The first-order valence-corrected chi connectivity index (χ1v) is 8.90. The van der Waals surface area contributed by atoms with Gasteiger partial charge in [-0.05, 0) is 48.5 Å². The summed E-state index contributed by atoms with van der Waals surface area (Å²) in [6.07, 6.45) is 10.9. The average molecular weight is 289 g/mol. The van der Waals surface area contributed by atoms with E-state index < -0.39 is 0 Å². The van der Waals surface area contributed by atoms with Crippen molar-refractivity contribution >= 4 is 18.3 Å². The number of anilines is 1. The summed E-state index contributed by atoms with van der Waals surface area (Å²) in [6, 6.07) is 9.00. The van der Waals surface area contributed by atoms with Gasteiger partial charge in [-0.15, -0.1) is 0 Å². The molecule has 110 valence electrons. The van der Waals surface area contributed by atoms with E-state index in [1.54, 1.807) is 5.56 Å². The van der Waals surface area contributed by atoms with Gasteiger partial charge in [0.15, 0.2) is 0 Å². The molecular formula is C18H27NS. The van der Waals surface area contributed by atoms with Crippen LogP contribution < -0.4 is 4.90 Å². The van der Waals surface area contributed by atoms with Gasteiger partial charge in [-0.1, -0.05) is 43.9 Å². The van der Waals surface area contributed by atoms with Crippen LogP contribution in [0.15, 0.2) is 24.3 Å². The van der Waals surface area contributed by atoms with Crippen molar-refractivity contribution in [2.75, 3.05) is 23.7 Å². The second-order valence-corrected chi connectivity index (χ2v) is 7.04. The van der Waals surface area contributed by atoms with Crippen LogP contribution in [0.25, 0.3) is 0 Å². The minimum Gasteiger partial charge on any atom is -0.371 e. The number of rotatable bonds is 3. The molecule has 0 atom stereocenters. The fraction of sp³-hybridized carbons (Fsp3) is 0.667. The predicted molar refractivity (Wildman–Crippen MR) is 91.0 cm³/mol. The molecule has 1 aliphatic heterocycles. The molecule has 1 fully saturated rings. The highest BCUT2D eigenvalue weighted by molar-refractivity contribution is 7.80. The van der Waals surface area contributed by atoms with Crippen molar-refractivity contribution in [2.24, 2.45) is 5.41 Å². The Morgan fingerprint density at radius 1 is 1.00 bits per heavy atom. The molecule has 1 heterocycles. The van der Waals surface area contributed by atoms with Gasteiger partial charge in [-0.2, -0.15) is 12.6 Å². The average Bonchev–Trinajstić information content (AvgIpc) is 2.74. The van der Waals surface area contributed by atoms with E-state index in [4.69, 9.17) is 12.6 Å². The molecule has 0 amide bonds. The molecule has 3 rings (SSSR count). The lowest BCUT2D eigenvalue weighted by atomic mass is 9.81. The van der Waals surface area contributed by atoms with Crippen molar-refractivity contribution in [2.45, 2.75) is 51.4 Å². The summed E-state index contributed by atoms with van der Waals surface area (Å²) < 4.78 is 0. The third-order valence-corrected chi connectivity index (χ3v) is 5.90. The maximum absolute atomic E-state index is 4.74. The molecule has 0 radical (unpaired) electrons. The van der Waals surface area contributed by atoms with E-state index in [-0.39, 0.29) is 0 Å². The molecular weight excluding hydrogens is 262 g/mol. The molecule has 2 heteroatoms. The van der Waals surface area contributed by atoms with E-state index in [0.717, 1.165) is 5.75 Å². The lowest BCUT2D eigenvalue weighted by molar-refractivity contribution is 0.287. The third kappa shape index (κ3) is 3.00. The maximum atomic E-state index is 4.74. The molecule has 1 aromatic carbocycles. The highest BCUT2D eigenvalue weighted by atomic mass is 32.1. The van der Waals surface area contributed by atoms with Crippen LogP contribution in [0.3, 0.4) is 0 Å². The van der Waals surface area contributed by atoms with E-state index in [0.29, 0.717) is 5.41 Å². The Balaban J connectivity index is 1.79. The minimum atomic E-state index is 0.448. The molecule has 1 saturated carbocycles. The molecule has 0 saturated heterocycles. The van der Waals surface area contributed by atoms with E-state index in [1.807, 2.05) is 0 Å². The van der Waals surface area contributed by atoms with Crippen LogP contribution in [0.1, 0.15) is 50.5 Å². The largest absolute Gasteiger partial charge is 0.371 e. The number of fused-ring (bicyclic) bond motifs is 1. The molecule has 1 aliphatic carbocycles. The fourth-order valence-corrected chi connectivity index (χ4v) is 4.44. The number of para-hydroxylation sites is 1. The Bertz CT molecular complexity index is 435. The Labute approximate surface area is 129 Å². The van der Waals surface area contributed by atoms with Gasteiger partial charge < -0.3 is 4.90 Å². The van der Waals surface area contributed by atoms with Crippen LogP contribution in [0.4, 0.5) is 5.69 Å². The summed E-state index contributed by atoms with van der Waals surface area (Å²) in [5.41, 5.74) is 3.48. The van der Waals surface area contributed by atoms with Crippen LogP contribution in [-0.4, -0.2) is 18.8 Å². The van der Waals surface area contributed by atoms with Crippen molar-refractivity contribution in [3.8, 4) is 0 Å². The molecule has 2 aliphatic rings. The Kier molecular flexibility index (Phi) is 4.60. The molecule has 0 spiro atoms. The second-order valence-electron chi connectivity index (χ2n) is 6.73. The normalized spacial score (nSPS) is 22.1. The van der Waals surface area contributed by atoms with Gasteiger partial charge in [-0.25, -0.2) is 0 Å². The molecule has 1 nitrogen and oxygen atoms in total. The zero-order valence-corrected chi connectivity index (χ0v) is 13.4. The van der Waals surface area contributed by atoms with Crippen molar-refractivity contribution in [1.29, 1.82) is 0 Å². The first kappa shape index (κ1) is 14.3. The van der Waals surface area contributed by atoms with Gasteiger partial charge in [0.1, 0.15) is 0 Å². The fourth-order valence-electron chi connectivity index (χ4n) is 4.03. The number of hydrogen-bond donors (Lipinski definition) is 1. The second kappa shape index (κ2) is 6.43. The number of nitrogens with zero attached hydrogens (tertiary/aromatic N) is 1. The molecule has 1 aromatic rings. The summed E-state index contributed by atoms with van der Waals surface area (Å²) >= 11 is 4.74. The lowest BCUT2D eigenvalue weighted by Crippen LogP contribution is -2.41. The van der Waals surface area contributed by atoms with Gasteiger partial charge in [0, 0.05) is 18.8 Å². The van der Waals surface area contributed by atoms with E-state index in [9.17, 15) is 0 Å². The topological polar surface area (TPSA) is 3.24 Å². The standard InChI is InChI=1S/C18H27NS/c20-15-18(11-5-1-2-6-12-18)14-19-13-7-9-16-8-3-4-10-17(16)19/h3-4,8,10,20H,1-2,5-7,9,11-15H2. The van der Waals surface area contributed by atoms with Gasteiger partial charge >= 0.3 is 0 Å². The summed E-state index contributed by atoms with van der Waals surface area (Å²) in [5, 5.41) is 0. The minimum absolute atomic E-state index is 0.448. The highest BCUT2D eigenvalue weighted by Crippen LogP contribution is 2.39. The van der Waals surface area contributed by atoms with Crippen LogP contribution in [-0.2, 0) is 6.42 Å². The zero-order valence-electron chi connectivity index (χ0n) is 12.5. The van der Waals surface area contributed by atoms with E-state index >= 15 is 0 Å². The third-order valence-electron chi connectivity index (χ3n) is 5.23. The summed E-state index contributed by atoms with van der Waals surface area (Å²) in [5.74, 6) is 1.05. The van der Waals surface area contributed by atoms with Crippen molar-refractivity contribution in [3.63, 3.8) is 0 Å². The number of hydrogen-bond acceptors (Lipinski definition) is 2. The van der Waals surface area contributed by atoms with Crippen molar-refractivity contribution < 1.29 is 0 Å². The lowest BCUT2D eigenvalue weighted by Gasteiger charge is -2.40. The number of benzene rings is 1. The monoisotopic (exact) mass is 289 g/mol. The number of thiol groups is 1. The Hall–Kier alpha value is -0.630. The first-order chi connectivity index (χ1) is 9.83. The summed E-state index contributed by atoms with van der Waals surface area (Å²) in [7, 11) is 0. The van der Waals surface area contributed by atoms with Crippen molar-refractivity contribution in [1.82, 2.24) is 0 Å². The number of aryl methyl sites for hydroxylation is 1. The zero-order chi connectivity index (χ0) is 13.8. The summed E-state index contributed by atoms with van der Waals surface area (Å²) in [6.45, 7) is 2.44. The van der Waals surface area contributed by atoms with Crippen molar-refractivity contribution in [3.05, 3.63) is 29.8 Å². The van der Waals surface area contributed by atoms with Crippen LogP contribution in [0.5, 0.6) is 0 Å². The summed E-state index contributed by atoms with van der Waals surface area (Å²) in [4.78, 5) is 2.65. The Morgan fingerprint density at radius 2 is 1.75 bits per heavy atom. The van der Waals surface area contributed by atoms with Crippen LogP contribution in [0, 0.1) is 5.41 Å².